The van der Waals surface area contributed by atoms with E-state index < -0.39 is 0 Å². The van der Waals surface area contributed by atoms with E-state index in [9.17, 15) is 4.39 Å². The molecule has 96 valence electrons. The van der Waals surface area contributed by atoms with Gasteiger partial charge < -0.3 is 10.6 Å². The van der Waals surface area contributed by atoms with Crippen LogP contribution in [0.4, 0.5) is 10.1 Å². The lowest BCUT2D eigenvalue weighted by atomic mass is 10.2. The molecule has 2 aromatic rings. The van der Waals surface area contributed by atoms with Gasteiger partial charge in [0, 0.05) is 13.6 Å². The van der Waals surface area contributed by atoms with Gasteiger partial charge in [0.2, 0.25) is 0 Å². The Morgan fingerprint density at radius 2 is 2.17 bits per heavy atom. The van der Waals surface area contributed by atoms with Crippen molar-refractivity contribution in [1.29, 1.82) is 0 Å². The number of benzene rings is 1. The van der Waals surface area contributed by atoms with Gasteiger partial charge in [-0.25, -0.2) is 4.39 Å². The Morgan fingerprint density at radius 1 is 1.39 bits per heavy atom. The van der Waals surface area contributed by atoms with E-state index in [2.05, 4.69) is 10.3 Å². The predicted molar refractivity (Wildman–Crippen MR) is 67.6 cm³/mol. The van der Waals surface area contributed by atoms with Crippen LogP contribution in [0.3, 0.4) is 0 Å². The van der Waals surface area contributed by atoms with Crippen LogP contribution in [-0.4, -0.2) is 28.6 Å². The lowest BCUT2D eigenvalue weighted by Gasteiger charge is -2.18. The van der Waals surface area contributed by atoms with E-state index in [4.69, 9.17) is 5.73 Å². The normalized spacial score (nSPS) is 10.6. The van der Waals surface area contributed by atoms with Gasteiger partial charge in [-0.2, -0.15) is 0 Å². The predicted octanol–water partition coefficient (Wildman–Crippen LogP) is 1.01. The van der Waals surface area contributed by atoms with E-state index in [1.54, 1.807) is 27.8 Å². The van der Waals surface area contributed by atoms with Gasteiger partial charge in [-0.05, 0) is 12.1 Å². The van der Waals surface area contributed by atoms with Crippen molar-refractivity contribution in [2.24, 2.45) is 5.73 Å². The molecule has 0 radical (unpaired) electrons. The molecule has 5 nitrogen and oxygen atoms in total. The molecular weight excluding hydrogens is 233 g/mol. The molecule has 18 heavy (non-hydrogen) atoms. The molecule has 0 unspecified atom stereocenters. The Bertz CT molecular complexity index is 511. The van der Waals surface area contributed by atoms with Crippen molar-refractivity contribution in [2.75, 3.05) is 18.5 Å². The van der Waals surface area contributed by atoms with Gasteiger partial charge in [0.25, 0.3) is 0 Å². The van der Waals surface area contributed by atoms with E-state index in [0.717, 1.165) is 5.69 Å². The first-order chi connectivity index (χ1) is 8.70. The molecular formula is C12H16FN5. The van der Waals surface area contributed by atoms with Crippen molar-refractivity contribution in [2.45, 2.75) is 13.1 Å². The molecule has 0 saturated carbocycles. The third-order valence-corrected chi connectivity index (χ3v) is 2.61. The van der Waals surface area contributed by atoms with Crippen LogP contribution < -0.4 is 10.6 Å². The van der Waals surface area contributed by atoms with Crippen molar-refractivity contribution in [1.82, 2.24) is 15.0 Å². The van der Waals surface area contributed by atoms with Crippen LogP contribution in [0, 0.1) is 5.82 Å². The number of aromatic nitrogens is 3. The van der Waals surface area contributed by atoms with Crippen molar-refractivity contribution in [3.05, 3.63) is 42.0 Å². The second kappa shape index (κ2) is 5.59. The van der Waals surface area contributed by atoms with Crippen molar-refractivity contribution in [3.8, 4) is 0 Å². The molecule has 0 aliphatic rings. The number of anilines is 1. The van der Waals surface area contributed by atoms with E-state index in [0.29, 0.717) is 25.3 Å². The highest BCUT2D eigenvalue weighted by Gasteiger charge is 2.09. The number of halogens is 1. The van der Waals surface area contributed by atoms with Gasteiger partial charge in [0.1, 0.15) is 11.5 Å². The smallest absolute Gasteiger partial charge is 0.146 e. The summed E-state index contributed by atoms with van der Waals surface area (Å²) >= 11 is 0. The van der Waals surface area contributed by atoms with Gasteiger partial charge in [0.15, 0.2) is 0 Å². The molecule has 1 aromatic carbocycles. The van der Waals surface area contributed by atoms with Crippen LogP contribution >= 0.6 is 0 Å². The summed E-state index contributed by atoms with van der Waals surface area (Å²) < 4.78 is 15.3. The van der Waals surface area contributed by atoms with Crippen LogP contribution in [0.2, 0.25) is 0 Å². The summed E-state index contributed by atoms with van der Waals surface area (Å²) in [5.41, 5.74) is 6.77. The summed E-state index contributed by atoms with van der Waals surface area (Å²) in [6, 6.07) is 6.65. The summed E-state index contributed by atoms with van der Waals surface area (Å²) in [6.07, 6.45) is 1.82. The standard InChI is InChI=1S/C12H16FN5/c1-17(12-5-3-2-4-11(12)13)8-10-9-18(7-6-14)16-15-10/h2-5,9H,6-8,14H2,1H3. The third kappa shape index (κ3) is 2.84. The van der Waals surface area contributed by atoms with E-state index in [-0.39, 0.29) is 5.82 Å². The zero-order chi connectivity index (χ0) is 13.0. The fourth-order valence-electron chi connectivity index (χ4n) is 1.74. The minimum atomic E-state index is -0.241. The Labute approximate surface area is 105 Å². The van der Waals surface area contributed by atoms with Gasteiger partial charge in [-0.3, -0.25) is 4.68 Å². The van der Waals surface area contributed by atoms with Gasteiger partial charge in [-0.1, -0.05) is 17.3 Å². The number of rotatable bonds is 5. The topological polar surface area (TPSA) is 60.0 Å². The van der Waals surface area contributed by atoms with E-state index >= 15 is 0 Å². The van der Waals surface area contributed by atoms with Crippen LogP contribution in [0.1, 0.15) is 5.69 Å². The quantitative estimate of drug-likeness (QED) is 0.859. The second-order valence-electron chi connectivity index (χ2n) is 4.07. The number of para-hydroxylation sites is 1. The lowest BCUT2D eigenvalue weighted by molar-refractivity contribution is 0.598. The number of nitrogens with zero attached hydrogens (tertiary/aromatic N) is 4. The second-order valence-corrected chi connectivity index (χ2v) is 4.07. The molecule has 6 heteroatoms. The molecule has 0 aliphatic heterocycles. The highest BCUT2D eigenvalue weighted by atomic mass is 19.1. The molecule has 0 bridgehead atoms. The molecule has 0 aliphatic carbocycles. The Morgan fingerprint density at radius 3 is 2.89 bits per heavy atom. The lowest BCUT2D eigenvalue weighted by Crippen LogP contribution is -2.17. The van der Waals surface area contributed by atoms with Gasteiger partial charge in [0.05, 0.1) is 25.0 Å². The minimum Gasteiger partial charge on any atom is -0.366 e. The molecule has 0 saturated heterocycles. The summed E-state index contributed by atoms with van der Waals surface area (Å²) in [7, 11) is 1.82. The minimum absolute atomic E-state index is 0.241. The van der Waals surface area contributed by atoms with Crippen LogP contribution in [-0.2, 0) is 13.1 Å². The van der Waals surface area contributed by atoms with Crippen molar-refractivity contribution in [3.63, 3.8) is 0 Å². The Hall–Kier alpha value is -1.95. The molecule has 0 spiro atoms. The molecule has 0 amide bonds. The summed E-state index contributed by atoms with van der Waals surface area (Å²) in [6.45, 7) is 1.66. The van der Waals surface area contributed by atoms with E-state index in [1.807, 2.05) is 13.2 Å². The molecule has 2 rings (SSSR count). The maximum Gasteiger partial charge on any atom is 0.146 e. The molecule has 2 N–H and O–H groups in total. The maximum absolute atomic E-state index is 13.6. The fraction of sp³-hybridized carbons (Fsp3) is 0.333. The van der Waals surface area contributed by atoms with Crippen molar-refractivity contribution >= 4 is 5.69 Å². The van der Waals surface area contributed by atoms with E-state index in [1.165, 1.54) is 6.07 Å². The summed E-state index contributed by atoms with van der Waals surface area (Å²) in [5.74, 6) is -0.241. The van der Waals surface area contributed by atoms with Crippen LogP contribution in [0.5, 0.6) is 0 Å². The fourth-order valence-corrected chi connectivity index (χ4v) is 1.74. The Balaban J connectivity index is 2.06. The van der Waals surface area contributed by atoms with Crippen molar-refractivity contribution < 1.29 is 4.39 Å². The largest absolute Gasteiger partial charge is 0.366 e. The van der Waals surface area contributed by atoms with Gasteiger partial charge in [-0.15, -0.1) is 5.10 Å². The zero-order valence-electron chi connectivity index (χ0n) is 10.3. The molecule has 1 aromatic heterocycles. The first-order valence-electron chi connectivity index (χ1n) is 5.75. The number of nitrogens with two attached hydrogens (primary N) is 1. The molecule has 0 atom stereocenters. The summed E-state index contributed by atoms with van der Waals surface area (Å²) in [4.78, 5) is 1.80. The SMILES string of the molecule is CN(Cc1cn(CCN)nn1)c1ccccc1F. The monoisotopic (exact) mass is 249 g/mol. The highest BCUT2D eigenvalue weighted by molar-refractivity contribution is 5.46. The summed E-state index contributed by atoms with van der Waals surface area (Å²) in [5, 5.41) is 7.96. The molecule has 0 fully saturated rings. The first-order valence-corrected chi connectivity index (χ1v) is 5.75. The van der Waals surface area contributed by atoms with Crippen LogP contribution in [0.25, 0.3) is 0 Å². The van der Waals surface area contributed by atoms with Gasteiger partial charge >= 0.3 is 0 Å². The third-order valence-electron chi connectivity index (χ3n) is 2.61. The first kappa shape index (κ1) is 12.5. The zero-order valence-corrected chi connectivity index (χ0v) is 10.3. The molecule has 1 heterocycles. The highest BCUT2D eigenvalue weighted by Crippen LogP contribution is 2.18. The number of hydrogen-bond acceptors (Lipinski definition) is 4. The average Bonchev–Trinajstić information content (AvgIpc) is 2.77. The average molecular weight is 249 g/mol. The van der Waals surface area contributed by atoms with Crippen LogP contribution in [0.15, 0.2) is 30.5 Å². The Kier molecular flexibility index (Phi) is 3.88. The maximum atomic E-state index is 13.6. The number of hydrogen-bond donors (Lipinski definition) is 1.